The Kier molecular flexibility index (Phi) is 5.90. The van der Waals surface area contributed by atoms with Crippen molar-refractivity contribution in [1.82, 2.24) is 15.1 Å². The van der Waals surface area contributed by atoms with Crippen molar-refractivity contribution in [1.29, 1.82) is 0 Å². The standard InChI is InChI=1S/C15H27N5O/c1-3-12-13(11-16)15(18-17-14(12)4-2)20-7-5-19(6-8-20)9-10-21/h21H,3-11,16H2,1-2H3. The largest absolute Gasteiger partial charge is 0.395 e. The van der Waals surface area contributed by atoms with E-state index in [0.717, 1.165) is 62.6 Å². The van der Waals surface area contributed by atoms with E-state index in [-0.39, 0.29) is 6.61 Å². The molecule has 0 unspecified atom stereocenters. The number of β-amino-alcohol motifs (C(OH)–C–C–N with tert-alkyl or cyclic N) is 1. The predicted molar refractivity (Wildman–Crippen MR) is 84.4 cm³/mol. The smallest absolute Gasteiger partial charge is 0.156 e. The fraction of sp³-hybridized carbons (Fsp3) is 0.733. The van der Waals surface area contributed by atoms with Gasteiger partial charge in [-0.1, -0.05) is 13.8 Å². The lowest BCUT2D eigenvalue weighted by Gasteiger charge is -2.36. The molecule has 1 aliphatic heterocycles. The molecule has 1 aromatic heterocycles. The van der Waals surface area contributed by atoms with Crippen molar-refractivity contribution >= 4 is 5.82 Å². The van der Waals surface area contributed by atoms with Crippen molar-refractivity contribution in [2.75, 3.05) is 44.2 Å². The number of anilines is 1. The first-order chi connectivity index (χ1) is 10.2. The van der Waals surface area contributed by atoms with E-state index in [2.05, 4.69) is 33.8 Å². The van der Waals surface area contributed by atoms with Gasteiger partial charge in [0.25, 0.3) is 0 Å². The minimum atomic E-state index is 0.221. The highest BCUT2D eigenvalue weighted by Crippen LogP contribution is 2.24. The molecule has 1 fully saturated rings. The first kappa shape index (κ1) is 16.1. The number of nitrogens with zero attached hydrogens (tertiary/aromatic N) is 4. The lowest BCUT2D eigenvalue weighted by Crippen LogP contribution is -2.48. The number of aliphatic hydroxyl groups is 1. The normalized spacial score (nSPS) is 16.5. The molecule has 0 saturated carbocycles. The Bertz CT molecular complexity index is 458. The quantitative estimate of drug-likeness (QED) is 0.779. The van der Waals surface area contributed by atoms with E-state index in [4.69, 9.17) is 10.8 Å². The zero-order valence-corrected chi connectivity index (χ0v) is 13.2. The predicted octanol–water partition coefficient (Wildman–Crippen LogP) is 0.174. The summed E-state index contributed by atoms with van der Waals surface area (Å²) >= 11 is 0. The van der Waals surface area contributed by atoms with Gasteiger partial charge in [-0.3, -0.25) is 4.90 Å². The summed E-state index contributed by atoms with van der Waals surface area (Å²) in [4.78, 5) is 4.55. The molecule has 1 saturated heterocycles. The van der Waals surface area contributed by atoms with Crippen molar-refractivity contribution in [2.24, 2.45) is 5.73 Å². The van der Waals surface area contributed by atoms with Crippen LogP contribution in [0.15, 0.2) is 0 Å². The number of aryl methyl sites for hydroxylation is 1. The van der Waals surface area contributed by atoms with Gasteiger partial charge in [0, 0.05) is 44.8 Å². The second kappa shape index (κ2) is 7.68. The van der Waals surface area contributed by atoms with Crippen LogP contribution in [0.5, 0.6) is 0 Å². The number of piperazine rings is 1. The first-order valence-electron chi connectivity index (χ1n) is 7.90. The molecule has 2 rings (SSSR count). The Hall–Kier alpha value is -1.24. The minimum absolute atomic E-state index is 0.221. The Morgan fingerprint density at radius 2 is 1.76 bits per heavy atom. The number of aromatic nitrogens is 2. The van der Waals surface area contributed by atoms with Gasteiger partial charge in [0.15, 0.2) is 5.82 Å². The molecule has 3 N–H and O–H groups in total. The second-order valence-corrected chi connectivity index (χ2v) is 5.39. The van der Waals surface area contributed by atoms with Gasteiger partial charge in [-0.25, -0.2) is 0 Å². The van der Waals surface area contributed by atoms with Crippen LogP contribution in [-0.2, 0) is 19.4 Å². The Balaban J connectivity index is 2.20. The topological polar surface area (TPSA) is 78.5 Å². The summed E-state index contributed by atoms with van der Waals surface area (Å²) in [5, 5.41) is 17.9. The van der Waals surface area contributed by atoms with Gasteiger partial charge in [0.05, 0.1) is 12.3 Å². The van der Waals surface area contributed by atoms with Crippen LogP contribution in [-0.4, -0.2) is 59.5 Å². The second-order valence-electron chi connectivity index (χ2n) is 5.39. The van der Waals surface area contributed by atoms with Crippen LogP contribution in [0.3, 0.4) is 0 Å². The molecule has 6 heteroatoms. The zero-order chi connectivity index (χ0) is 15.2. The van der Waals surface area contributed by atoms with E-state index in [0.29, 0.717) is 6.54 Å². The Labute approximate surface area is 127 Å². The third-order valence-electron chi connectivity index (χ3n) is 4.23. The molecule has 0 spiro atoms. The Morgan fingerprint density at radius 1 is 1.05 bits per heavy atom. The molecular formula is C15H27N5O. The van der Waals surface area contributed by atoms with Gasteiger partial charge < -0.3 is 15.7 Å². The van der Waals surface area contributed by atoms with Crippen LogP contribution in [0.25, 0.3) is 0 Å². The lowest BCUT2D eigenvalue weighted by atomic mass is 10.0. The zero-order valence-electron chi connectivity index (χ0n) is 13.2. The summed E-state index contributed by atoms with van der Waals surface area (Å²) < 4.78 is 0. The number of rotatable bonds is 6. The van der Waals surface area contributed by atoms with Gasteiger partial charge >= 0.3 is 0 Å². The number of hydrogen-bond acceptors (Lipinski definition) is 6. The summed E-state index contributed by atoms with van der Waals surface area (Å²) in [6.07, 6.45) is 1.84. The highest BCUT2D eigenvalue weighted by atomic mass is 16.3. The minimum Gasteiger partial charge on any atom is -0.395 e. The number of aliphatic hydroxyl groups excluding tert-OH is 1. The molecule has 21 heavy (non-hydrogen) atoms. The van der Waals surface area contributed by atoms with E-state index in [1.165, 1.54) is 5.56 Å². The number of nitrogens with two attached hydrogens (primary N) is 1. The van der Waals surface area contributed by atoms with Gasteiger partial charge in [-0.15, -0.1) is 5.10 Å². The van der Waals surface area contributed by atoms with Crippen molar-refractivity contribution in [3.05, 3.63) is 16.8 Å². The highest BCUT2D eigenvalue weighted by Gasteiger charge is 2.22. The van der Waals surface area contributed by atoms with Crippen LogP contribution < -0.4 is 10.6 Å². The van der Waals surface area contributed by atoms with Crippen molar-refractivity contribution in [3.63, 3.8) is 0 Å². The third kappa shape index (κ3) is 3.51. The van der Waals surface area contributed by atoms with Gasteiger partial charge in [0.1, 0.15) is 0 Å². The maximum Gasteiger partial charge on any atom is 0.156 e. The SMILES string of the molecule is CCc1nnc(N2CCN(CCO)CC2)c(CN)c1CC. The van der Waals surface area contributed by atoms with E-state index in [1.807, 2.05) is 0 Å². The van der Waals surface area contributed by atoms with Crippen LogP contribution in [0, 0.1) is 0 Å². The van der Waals surface area contributed by atoms with Crippen LogP contribution in [0.2, 0.25) is 0 Å². The van der Waals surface area contributed by atoms with Gasteiger partial charge in [0.2, 0.25) is 0 Å². The van der Waals surface area contributed by atoms with Crippen molar-refractivity contribution < 1.29 is 5.11 Å². The molecule has 6 nitrogen and oxygen atoms in total. The van der Waals surface area contributed by atoms with E-state index < -0.39 is 0 Å². The molecule has 0 radical (unpaired) electrons. The Morgan fingerprint density at radius 3 is 2.29 bits per heavy atom. The lowest BCUT2D eigenvalue weighted by molar-refractivity contribution is 0.188. The molecule has 1 aromatic rings. The summed E-state index contributed by atoms with van der Waals surface area (Å²) in [5.41, 5.74) is 9.48. The monoisotopic (exact) mass is 293 g/mol. The molecule has 1 aliphatic rings. The summed E-state index contributed by atoms with van der Waals surface area (Å²) in [6.45, 7) is 9.46. The van der Waals surface area contributed by atoms with Crippen molar-refractivity contribution in [3.8, 4) is 0 Å². The van der Waals surface area contributed by atoms with Crippen LogP contribution in [0.4, 0.5) is 5.82 Å². The van der Waals surface area contributed by atoms with E-state index in [9.17, 15) is 0 Å². The summed E-state index contributed by atoms with van der Waals surface area (Å²) in [5.74, 6) is 0.954. The molecule has 118 valence electrons. The summed E-state index contributed by atoms with van der Waals surface area (Å²) in [6, 6.07) is 0. The van der Waals surface area contributed by atoms with Crippen molar-refractivity contribution in [2.45, 2.75) is 33.2 Å². The molecule has 0 bridgehead atoms. The van der Waals surface area contributed by atoms with Crippen LogP contribution >= 0.6 is 0 Å². The average molecular weight is 293 g/mol. The fourth-order valence-electron chi connectivity index (χ4n) is 3.03. The fourth-order valence-corrected chi connectivity index (χ4v) is 3.03. The van der Waals surface area contributed by atoms with Gasteiger partial charge in [-0.05, 0) is 18.4 Å². The molecule has 2 heterocycles. The summed E-state index contributed by atoms with van der Waals surface area (Å²) in [7, 11) is 0. The molecular weight excluding hydrogens is 266 g/mol. The highest BCUT2D eigenvalue weighted by molar-refractivity contribution is 5.51. The average Bonchev–Trinajstić information content (AvgIpc) is 2.54. The molecule has 0 aliphatic carbocycles. The maximum absolute atomic E-state index is 9.02. The molecule has 0 atom stereocenters. The van der Waals surface area contributed by atoms with E-state index >= 15 is 0 Å². The first-order valence-corrected chi connectivity index (χ1v) is 7.90. The van der Waals surface area contributed by atoms with Gasteiger partial charge in [-0.2, -0.15) is 5.10 Å². The number of hydrogen-bond donors (Lipinski definition) is 2. The van der Waals surface area contributed by atoms with E-state index in [1.54, 1.807) is 0 Å². The third-order valence-corrected chi connectivity index (χ3v) is 4.23. The maximum atomic E-state index is 9.02. The molecule has 0 amide bonds. The van der Waals surface area contributed by atoms with Crippen LogP contribution in [0.1, 0.15) is 30.7 Å². The molecule has 0 aromatic carbocycles.